The summed E-state index contributed by atoms with van der Waals surface area (Å²) in [4.78, 5) is 31.2. The number of H-pyrrole nitrogens is 1. The summed E-state index contributed by atoms with van der Waals surface area (Å²) < 4.78 is 0. The molecule has 0 spiro atoms. The smallest absolute Gasteiger partial charge is 0.251 e. The van der Waals surface area contributed by atoms with E-state index in [1.165, 1.54) is 0 Å². The third-order valence-electron chi connectivity index (χ3n) is 3.33. The standard InChI is InChI=1S/C17H16N4O2/c1-11-19-14-8-7-13(9-15(14)20-11)21-16(22)10-18-17(23)12-5-3-2-4-6-12/h2-9H,10H2,1H3,(H,18,23)(H,19,20)(H,21,22). The maximum atomic E-state index is 11.9. The molecule has 3 aromatic rings. The van der Waals surface area contributed by atoms with Crippen LogP contribution in [0.15, 0.2) is 48.5 Å². The first-order chi connectivity index (χ1) is 11.1. The number of nitrogens with zero attached hydrogens (tertiary/aromatic N) is 1. The second-order valence-electron chi connectivity index (χ2n) is 5.15. The number of benzene rings is 2. The number of anilines is 1. The molecule has 23 heavy (non-hydrogen) atoms. The van der Waals surface area contributed by atoms with Crippen molar-refractivity contribution < 1.29 is 9.59 Å². The van der Waals surface area contributed by atoms with E-state index in [2.05, 4.69) is 20.6 Å². The lowest BCUT2D eigenvalue weighted by Gasteiger charge is -2.07. The van der Waals surface area contributed by atoms with Gasteiger partial charge in [0.1, 0.15) is 5.82 Å². The van der Waals surface area contributed by atoms with Crippen molar-refractivity contribution in [3.05, 3.63) is 59.9 Å². The fourth-order valence-corrected chi connectivity index (χ4v) is 2.27. The summed E-state index contributed by atoms with van der Waals surface area (Å²) in [5, 5.41) is 5.34. The van der Waals surface area contributed by atoms with Crippen LogP contribution >= 0.6 is 0 Å². The minimum Gasteiger partial charge on any atom is -0.343 e. The van der Waals surface area contributed by atoms with Crippen molar-refractivity contribution in [1.29, 1.82) is 0 Å². The van der Waals surface area contributed by atoms with Crippen LogP contribution in [0.1, 0.15) is 16.2 Å². The number of amides is 2. The number of aromatic amines is 1. The monoisotopic (exact) mass is 308 g/mol. The van der Waals surface area contributed by atoms with Crippen molar-refractivity contribution in [3.8, 4) is 0 Å². The Morgan fingerprint density at radius 3 is 2.70 bits per heavy atom. The normalized spacial score (nSPS) is 10.5. The minimum absolute atomic E-state index is 0.0895. The summed E-state index contributed by atoms with van der Waals surface area (Å²) in [5.74, 6) is 0.254. The van der Waals surface area contributed by atoms with E-state index in [4.69, 9.17) is 0 Å². The zero-order chi connectivity index (χ0) is 16.2. The molecule has 3 rings (SSSR count). The Morgan fingerprint density at radius 1 is 1.13 bits per heavy atom. The third-order valence-corrected chi connectivity index (χ3v) is 3.33. The van der Waals surface area contributed by atoms with Gasteiger partial charge >= 0.3 is 0 Å². The van der Waals surface area contributed by atoms with E-state index < -0.39 is 0 Å². The highest BCUT2D eigenvalue weighted by atomic mass is 16.2. The molecular formula is C17H16N4O2. The van der Waals surface area contributed by atoms with Gasteiger partial charge in [0.2, 0.25) is 5.91 Å². The van der Waals surface area contributed by atoms with Gasteiger partial charge in [-0.3, -0.25) is 9.59 Å². The molecule has 6 nitrogen and oxygen atoms in total. The largest absolute Gasteiger partial charge is 0.343 e. The highest BCUT2D eigenvalue weighted by molar-refractivity contribution is 5.99. The van der Waals surface area contributed by atoms with Crippen LogP contribution in [0, 0.1) is 6.92 Å². The van der Waals surface area contributed by atoms with E-state index in [1.54, 1.807) is 30.3 Å². The molecule has 1 heterocycles. The van der Waals surface area contributed by atoms with Gasteiger partial charge in [-0.25, -0.2) is 4.98 Å². The number of carbonyl (C=O) groups is 2. The summed E-state index contributed by atoms with van der Waals surface area (Å²) in [5.41, 5.74) is 2.88. The van der Waals surface area contributed by atoms with Crippen LogP contribution in [-0.2, 0) is 4.79 Å². The maximum absolute atomic E-state index is 11.9. The van der Waals surface area contributed by atoms with Crippen molar-refractivity contribution in [1.82, 2.24) is 15.3 Å². The Kier molecular flexibility index (Phi) is 4.05. The number of rotatable bonds is 4. The average Bonchev–Trinajstić information content (AvgIpc) is 2.92. The lowest BCUT2D eigenvalue weighted by Crippen LogP contribution is -2.32. The van der Waals surface area contributed by atoms with Crippen LogP contribution in [0.2, 0.25) is 0 Å². The van der Waals surface area contributed by atoms with Gasteiger partial charge in [0.15, 0.2) is 0 Å². The van der Waals surface area contributed by atoms with Gasteiger partial charge in [-0.15, -0.1) is 0 Å². The zero-order valence-corrected chi connectivity index (χ0v) is 12.6. The van der Waals surface area contributed by atoms with Crippen molar-refractivity contribution >= 4 is 28.5 Å². The molecular weight excluding hydrogens is 292 g/mol. The van der Waals surface area contributed by atoms with Gasteiger partial charge in [-0.05, 0) is 37.3 Å². The quantitative estimate of drug-likeness (QED) is 0.691. The van der Waals surface area contributed by atoms with Gasteiger partial charge in [0.25, 0.3) is 5.91 Å². The SMILES string of the molecule is Cc1nc2ccc(NC(=O)CNC(=O)c3ccccc3)cc2[nH]1. The first kappa shape index (κ1) is 14.8. The molecule has 0 saturated carbocycles. The molecule has 3 N–H and O–H groups in total. The van der Waals surface area contributed by atoms with Gasteiger partial charge < -0.3 is 15.6 Å². The van der Waals surface area contributed by atoms with Gasteiger partial charge in [-0.2, -0.15) is 0 Å². The number of fused-ring (bicyclic) bond motifs is 1. The van der Waals surface area contributed by atoms with Crippen LogP contribution in [0.4, 0.5) is 5.69 Å². The lowest BCUT2D eigenvalue weighted by molar-refractivity contribution is -0.115. The van der Waals surface area contributed by atoms with E-state index in [0.717, 1.165) is 16.9 Å². The predicted octanol–water partition coefficient (Wildman–Crippen LogP) is 2.24. The number of aryl methyl sites for hydroxylation is 1. The molecule has 0 aliphatic heterocycles. The first-order valence-electron chi connectivity index (χ1n) is 7.21. The Bertz CT molecular complexity index is 855. The first-order valence-corrected chi connectivity index (χ1v) is 7.21. The molecule has 2 amide bonds. The van der Waals surface area contributed by atoms with Crippen molar-refractivity contribution in [2.24, 2.45) is 0 Å². The summed E-state index contributed by atoms with van der Waals surface area (Å²) in [6.07, 6.45) is 0. The topological polar surface area (TPSA) is 86.9 Å². The summed E-state index contributed by atoms with van der Waals surface area (Å²) in [6, 6.07) is 14.2. The van der Waals surface area contributed by atoms with Crippen LogP contribution < -0.4 is 10.6 Å². The van der Waals surface area contributed by atoms with E-state index in [1.807, 2.05) is 25.1 Å². The molecule has 1 aromatic heterocycles. The molecule has 2 aromatic carbocycles. The van der Waals surface area contributed by atoms with Crippen LogP contribution in [0.25, 0.3) is 11.0 Å². The molecule has 0 fully saturated rings. The fourth-order valence-electron chi connectivity index (χ4n) is 2.27. The van der Waals surface area contributed by atoms with E-state index in [9.17, 15) is 9.59 Å². The Hall–Kier alpha value is -3.15. The Balaban J connectivity index is 1.59. The molecule has 116 valence electrons. The van der Waals surface area contributed by atoms with Gasteiger partial charge in [0, 0.05) is 11.3 Å². The van der Waals surface area contributed by atoms with E-state index in [-0.39, 0.29) is 18.4 Å². The molecule has 0 radical (unpaired) electrons. The van der Waals surface area contributed by atoms with Crippen LogP contribution in [0.5, 0.6) is 0 Å². The highest BCUT2D eigenvalue weighted by Gasteiger charge is 2.08. The number of imidazole rings is 1. The van der Waals surface area contributed by atoms with E-state index in [0.29, 0.717) is 11.3 Å². The number of hydrogen-bond acceptors (Lipinski definition) is 3. The summed E-state index contributed by atoms with van der Waals surface area (Å²) in [7, 11) is 0. The van der Waals surface area contributed by atoms with E-state index >= 15 is 0 Å². The predicted molar refractivity (Wildman–Crippen MR) is 88.2 cm³/mol. The molecule has 6 heteroatoms. The Morgan fingerprint density at radius 2 is 1.91 bits per heavy atom. The van der Waals surface area contributed by atoms with Gasteiger partial charge in [0.05, 0.1) is 17.6 Å². The maximum Gasteiger partial charge on any atom is 0.251 e. The summed E-state index contributed by atoms with van der Waals surface area (Å²) in [6.45, 7) is 1.78. The molecule has 0 bridgehead atoms. The number of carbonyl (C=O) groups excluding carboxylic acids is 2. The second-order valence-corrected chi connectivity index (χ2v) is 5.15. The second kappa shape index (κ2) is 6.31. The highest BCUT2D eigenvalue weighted by Crippen LogP contribution is 2.16. The summed E-state index contributed by atoms with van der Waals surface area (Å²) >= 11 is 0. The third kappa shape index (κ3) is 3.55. The van der Waals surface area contributed by atoms with Crippen molar-refractivity contribution in [2.45, 2.75) is 6.92 Å². The van der Waals surface area contributed by atoms with Crippen molar-refractivity contribution in [2.75, 3.05) is 11.9 Å². The number of nitrogens with one attached hydrogen (secondary N) is 3. The lowest BCUT2D eigenvalue weighted by atomic mass is 10.2. The van der Waals surface area contributed by atoms with Gasteiger partial charge in [-0.1, -0.05) is 18.2 Å². The van der Waals surface area contributed by atoms with Crippen LogP contribution in [-0.4, -0.2) is 28.3 Å². The number of hydrogen-bond donors (Lipinski definition) is 3. The minimum atomic E-state index is -0.287. The zero-order valence-electron chi connectivity index (χ0n) is 12.6. The molecule has 0 unspecified atom stereocenters. The van der Waals surface area contributed by atoms with Crippen molar-refractivity contribution in [3.63, 3.8) is 0 Å². The van der Waals surface area contributed by atoms with Crippen LogP contribution in [0.3, 0.4) is 0 Å². The number of aromatic nitrogens is 2. The molecule has 0 saturated heterocycles. The Labute approximate surface area is 132 Å². The molecule has 0 aliphatic carbocycles. The molecule has 0 aliphatic rings. The fraction of sp³-hybridized carbons (Fsp3) is 0.118. The average molecular weight is 308 g/mol. The molecule has 0 atom stereocenters.